The third-order valence-corrected chi connectivity index (χ3v) is 6.53. The van der Waals surface area contributed by atoms with Gasteiger partial charge in [0, 0.05) is 25.8 Å². The van der Waals surface area contributed by atoms with E-state index in [1.165, 1.54) is 37.7 Å². The van der Waals surface area contributed by atoms with Crippen molar-refractivity contribution in [2.45, 2.75) is 63.7 Å². The first-order chi connectivity index (χ1) is 14.7. The highest BCUT2D eigenvalue weighted by atomic mass is 16.5. The molecule has 1 atom stereocenters. The van der Waals surface area contributed by atoms with E-state index < -0.39 is 5.97 Å². The molecule has 1 saturated heterocycles. The molecule has 5 nitrogen and oxygen atoms in total. The molecule has 0 amide bonds. The molecular formula is C25H32N2O3. The maximum atomic E-state index is 11.2. The van der Waals surface area contributed by atoms with Crippen LogP contribution in [-0.2, 0) is 11.3 Å². The molecule has 160 valence electrons. The summed E-state index contributed by atoms with van der Waals surface area (Å²) in [7, 11) is 0. The summed E-state index contributed by atoms with van der Waals surface area (Å²) in [4.78, 5) is 17.9. The van der Waals surface area contributed by atoms with Gasteiger partial charge in [-0.1, -0.05) is 49.6 Å². The molecule has 2 aromatic rings. The summed E-state index contributed by atoms with van der Waals surface area (Å²) in [5, 5.41) is 9.18. The summed E-state index contributed by atoms with van der Waals surface area (Å²) in [5.74, 6) is -0.275. The Morgan fingerprint density at radius 1 is 1.07 bits per heavy atom. The Morgan fingerprint density at radius 2 is 1.80 bits per heavy atom. The largest absolute Gasteiger partial charge is 0.478 e. The van der Waals surface area contributed by atoms with Crippen molar-refractivity contribution in [2.24, 2.45) is 5.92 Å². The Balaban J connectivity index is 1.34. The molecule has 1 aromatic carbocycles. The summed E-state index contributed by atoms with van der Waals surface area (Å²) in [6.07, 6.45) is 10.6. The van der Waals surface area contributed by atoms with Crippen LogP contribution in [0, 0.1) is 5.92 Å². The number of hydrogen-bond acceptors (Lipinski definition) is 4. The van der Waals surface area contributed by atoms with Crippen LogP contribution in [0.5, 0.6) is 0 Å². The lowest BCUT2D eigenvalue weighted by atomic mass is 9.82. The summed E-state index contributed by atoms with van der Waals surface area (Å²) < 4.78 is 6.75. The number of carboxylic acids is 1. The van der Waals surface area contributed by atoms with E-state index in [2.05, 4.69) is 40.2 Å². The van der Waals surface area contributed by atoms with E-state index in [-0.39, 0.29) is 12.2 Å². The number of aromatic carboxylic acids is 1. The molecule has 5 heteroatoms. The number of ether oxygens (including phenoxy) is 1. The fourth-order valence-corrected chi connectivity index (χ4v) is 4.88. The average Bonchev–Trinajstić information content (AvgIpc) is 2.80. The van der Waals surface area contributed by atoms with Gasteiger partial charge in [0.1, 0.15) is 0 Å². The van der Waals surface area contributed by atoms with Gasteiger partial charge in [0.25, 0.3) is 0 Å². The zero-order chi connectivity index (χ0) is 20.8. The first-order valence-corrected chi connectivity index (χ1v) is 11.3. The lowest BCUT2D eigenvalue weighted by Crippen LogP contribution is -2.38. The first-order valence-electron chi connectivity index (χ1n) is 11.3. The number of aromatic nitrogens is 1. The van der Waals surface area contributed by atoms with Crippen molar-refractivity contribution in [2.75, 3.05) is 13.1 Å². The fourth-order valence-electron chi connectivity index (χ4n) is 4.88. The topological polar surface area (TPSA) is 62.7 Å². The molecule has 1 aliphatic carbocycles. The van der Waals surface area contributed by atoms with Gasteiger partial charge in [-0.2, -0.15) is 0 Å². The smallest absolute Gasteiger partial charge is 0.335 e. The van der Waals surface area contributed by atoms with Crippen LogP contribution in [0.25, 0.3) is 0 Å². The molecule has 1 aromatic heterocycles. The second kappa shape index (κ2) is 10.2. The van der Waals surface area contributed by atoms with Crippen molar-refractivity contribution >= 4 is 5.97 Å². The number of benzene rings is 1. The van der Waals surface area contributed by atoms with Crippen molar-refractivity contribution in [3.63, 3.8) is 0 Å². The third kappa shape index (κ3) is 5.46. The Morgan fingerprint density at radius 3 is 2.50 bits per heavy atom. The molecule has 30 heavy (non-hydrogen) atoms. The van der Waals surface area contributed by atoms with Gasteiger partial charge < -0.3 is 9.84 Å². The highest BCUT2D eigenvalue weighted by Crippen LogP contribution is 2.38. The molecular weight excluding hydrogens is 376 g/mol. The predicted octanol–water partition coefficient (Wildman–Crippen LogP) is 5.08. The van der Waals surface area contributed by atoms with Gasteiger partial charge >= 0.3 is 5.97 Å². The number of rotatable bonds is 7. The molecule has 0 radical (unpaired) electrons. The summed E-state index contributed by atoms with van der Waals surface area (Å²) >= 11 is 0. The maximum absolute atomic E-state index is 11.2. The first kappa shape index (κ1) is 21.0. The summed E-state index contributed by atoms with van der Waals surface area (Å²) in [6.45, 7) is 2.60. The van der Waals surface area contributed by atoms with Crippen LogP contribution in [0.2, 0.25) is 0 Å². The molecule has 1 saturated carbocycles. The van der Waals surface area contributed by atoms with E-state index in [0.717, 1.165) is 31.6 Å². The Bertz CT molecular complexity index is 812. The average molecular weight is 409 g/mol. The number of nitrogens with zero attached hydrogens (tertiary/aromatic N) is 2. The van der Waals surface area contributed by atoms with E-state index in [4.69, 9.17) is 4.74 Å². The van der Waals surface area contributed by atoms with Crippen molar-refractivity contribution in [3.8, 4) is 0 Å². The van der Waals surface area contributed by atoms with Crippen LogP contribution in [-0.4, -0.2) is 40.2 Å². The Kier molecular flexibility index (Phi) is 7.13. The molecule has 1 unspecified atom stereocenters. The van der Waals surface area contributed by atoms with Gasteiger partial charge in [0.15, 0.2) is 0 Å². The lowest BCUT2D eigenvalue weighted by Gasteiger charge is -2.37. The van der Waals surface area contributed by atoms with E-state index >= 15 is 0 Å². The standard InChI is InChI=1S/C25H32N2O3/c28-25(29)21-11-14-26-22(17-21)18-27-15-12-23(13-16-27)30-24(19-7-3-1-4-8-19)20-9-5-2-6-10-20/h1,3-4,7-8,11,14,17,20,23-24H,2,5-6,9-10,12-13,15-16,18H2,(H,28,29). The highest BCUT2D eigenvalue weighted by molar-refractivity contribution is 5.87. The van der Waals surface area contributed by atoms with Gasteiger partial charge in [0.05, 0.1) is 23.5 Å². The lowest BCUT2D eigenvalue weighted by molar-refractivity contribution is -0.0762. The van der Waals surface area contributed by atoms with Crippen molar-refractivity contribution < 1.29 is 14.6 Å². The molecule has 2 fully saturated rings. The van der Waals surface area contributed by atoms with Crippen LogP contribution >= 0.6 is 0 Å². The summed E-state index contributed by atoms with van der Waals surface area (Å²) in [5.41, 5.74) is 2.44. The van der Waals surface area contributed by atoms with E-state index in [0.29, 0.717) is 18.0 Å². The molecule has 4 rings (SSSR count). The minimum atomic E-state index is -0.902. The van der Waals surface area contributed by atoms with Crippen LogP contribution in [0.1, 0.15) is 72.7 Å². The SMILES string of the molecule is O=C(O)c1ccnc(CN2CCC(OC(c3ccccc3)C3CCCCC3)CC2)c1. The normalized spacial score (nSPS) is 20.1. The third-order valence-electron chi connectivity index (χ3n) is 6.53. The number of likely N-dealkylation sites (tertiary alicyclic amines) is 1. The minimum Gasteiger partial charge on any atom is -0.478 e. The Hall–Kier alpha value is -2.24. The predicted molar refractivity (Wildman–Crippen MR) is 116 cm³/mol. The zero-order valence-corrected chi connectivity index (χ0v) is 17.6. The number of hydrogen-bond donors (Lipinski definition) is 1. The second-order valence-corrected chi connectivity index (χ2v) is 8.68. The zero-order valence-electron chi connectivity index (χ0n) is 17.6. The van der Waals surface area contributed by atoms with Crippen molar-refractivity contribution in [3.05, 3.63) is 65.5 Å². The Labute approximate surface area is 179 Å². The van der Waals surface area contributed by atoms with Crippen LogP contribution in [0.15, 0.2) is 48.7 Å². The van der Waals surface area contributed by atoms with Gasteiger partial charge in [-0.05, 0) is 49.3 Å². The van der Waals surface area contributed by atoms with Crippen molar-refractivity contribution in [1.82, 2.24) is 9.88 Å². The second-order valence-electron chi connectivity index (χ2n) is 8.68. The monoisotopic (exact) mass is 408 g/mol. The molecule has 0 bridgehead atoms. The molecule has 0 spiro atoms. The summed E-state index contributed by atoms with van der Waals surface area (Å²) in [6, 6.07) is 14.0. The minimum absolute atomic E-state index is 0.206. The van der Waals surface area contributed by atoms with Crippen LogP contribution < -0.4 is 0 Å². The quantitative estimate of drug-likeness (QED) is 0.692. The number of carbonyl (C=O) groups is 1. The van der Waals surface area contributed by atoms with E-state index in [1.54, 1.807) is 18.3 Å². The number of carboxylic acid groups (broad SMARTS) is 1. The maximum Gasteiger partial charge on any atom is 0.335 e. The van der Waals surface area contributed by atoms with Crippen LogP contribution in [0.4, 0.5) is 0 Å². The number of piperidine rings is 1. The van der Waals surface area contributed by atoms with Gasteiger partial charge in [-0.3, -0.25) is 9.88 Å². The molecule has 1 aliphatic heterocycles. The van der Waals surface area contributed by atoms with Crippen LogP contribution in [0.3, 0.4) is 0 Å². The molecule has 2 aliphatic rings. The molecule has 2 heterocycles. The van der Waals surface area contributed by atoms with Gasteiger partial charge in [-0.15, -0.1) is 0 Å². The molecule has 1 N–H and O–H groups in total. The van der Waals surface area contributed by atoms with Gasteiger partial charge in [0.2, 0.25) is 0 Å². The fraction of sp³-hybridized carbons (Fsp3) is 0.520. The van der Waals surface area contributed by atoms with Gasteiger partial charge in [-0.25, -0.2) is 4.79 Å². The number of pyridine rings is 1. The highest BCUT2D eigenvalue weighted by Gasteiger charge is 2.30. The van der Waals surface area contributed by atoms with Crippen molar-refractivity contribution in [1.29, 1.82) is 0 Å². The van der Waals surface area contributed by atoms with E-state index in [9.17, 15) is 9.90 Å². The van der Waals surface area contributed by atoms with E-state index in [1.807, 2.05) is 0 Å².